The van der Waals surface area contributed by atoms with Gasteiger partial charge in [-0.05, 0) is 15.9 Å². The molecule has 0 bridgehead atoms. The van der Waals surface area contributed by atoms with Gasteiger partial charge in [-0.2, -0.15) is 0 Å². The van der Waals surface area contributed by atoms with Crippen LogP contribution in [0.3, 0.4) is 0 Å². The van der Waals surface area contributed by atoms with Crippen molar-refractivity contribution >= 4 is 15.9 Å². The Morgan fingerprint density at radius 1 is 1.78 bits per heavy atom. The van der Waals surface area contributed by atoms with Crippen LogP contribution in [0, 0.1) is 0 Å². The fourth-order valence-corrected chi connectivity index (χ4v) is 0.602. The van der Waals surface area contributed by atoms with Crippen LogP contribution in [0.1, 0.15) is 2.74 Å². The maximum atomic E-state index is 7.17. The van der Waals surface area contributed by atoms with E-state index in [1.54, 1.807) is 0 Å². The second kappa shape index (κ2) is 2.77. The first kappa shape index (κ1) is 4.22. The number of halogens is 1. The molecular weight excluding hydrogens is 184 g/mol. The summed E-state index contributed by atoms with van der Waals surface area (Å²) in [5.41, 5.74) is 0. The molecule has 0 aliphatic heterocycles. The average Bonchev–Trinajstić information content (AvgIpc) is 1.97. The molecule has 1 aromatic heterocycles. The van der Waals surface area contributed by atoms with Crippen LogP contribution in [0.15, 0.2) is 16.9 Å². The molecule has 0 N–H and O–H groups in total. The van der Waals surface area contributed by atoms with Crippen molar-refractivity contribution in [1.82, 2.24) is 9.97 Å². The van der Waals surface area contributed by atoms with Gasteiger partial charge in [0.1, 0.15) is 4.60 Å². The molecule has 1 heterocycles. The average molecular weight is 191 g/mol. The minimum atomic E-state index is -0.124. The van der Waals surface area contributed by atoms with Gasteiger partial charge in [0, 0.05) is 0 Å². The Kier molecular flexibility index (Phi) is 1.30. The van der Waals surface area contributed by atoms with E-state index in [9.17, 15) is 0 Å². The van der Waals surface area contributed by atoms with E-state index in [4.69, 9.17) is 7.48 Å². The van der Waals surface area contributed by atoms with Crippen molar-refractivity contribution < 1.29 is 7.48 Å². The van der Waals surface area contributed by atoms with Crippen LogP contribution in [0.4, 0.5) is 0 Å². The number of ether oxygens (including phenoxy) is 1. The largest absolute Gasteiger partial charge is 0.480 e. The fourth-order valence-electron chi connectivity index (χ4n) is 0.352. The number of methoxy groups -OCH3 is 1. The van der Waals surface area contributed by atoms with Crippen LogP contribution in [0.5, 0.6) is 5.88 Å². The van der Waals surface area contributed by atoms with Crippen LogP contribution < -0.4 is 4.74 Å². The summed E-state index contributed by atoms with van der Waals surface area (Å²) in [6, 6.07) is 0. The molecule has 1 rings (SSSR count). The zero-order valence-electron chi connectivity index (χ0n) is 6.68. The van der Waals surface area contributed by atoms with Crippen LogP contribution in [0.2, 0.25) is 0 Å². The highest BCUT2D eigenvalue weighted by Gasteiger charge is 1.91. The summed E-state index contributed by atoms with van der Waals surface area (Å²) in [4.78, 5) is 7.29. The quantitative estimate of drug-likeness (QED) is 0.669. The molecule has 0 aliphatic rings. The predicted molar refractivity (Wildman–Crippen MR) is 36.3 cm³/mol. The highest BCUT2D eigenvalue weighted by Crippen LogP contribution is 2.08. The van der Waals surface area contributed by atoms with Gasteiger partial charge in [-0.1, -0.05) is 0 Å². The summed E-state index contributed by atoms with van der Waals surface area (Å²) >= 11 is 3.00. The van der Waals surface area contributed by atoms with Gasteiger partial charge >= 0.3 is 0 Å². The lowest BCUT2D eigenvalue weighted by atomic mass is 10.7. The van der Waals surface area contributed by atoms with E-state index < -0.39 is 0 Å². The standard InChI is InChI=1S/C5H5BrN2O/c1-9-5-3-7-2-4(6)8-5/h2-3H,1H3/i2D,3D. The van der Waals surface area contributed by atoms with Crippen molar-refractivity contribution in [2.45, 2.75) is 0 Å². The summed E-state index contributed by atoms with van der Waals surface area (Å²) in [5, 5.41) is 0. The normalized spacial score (nSPS) is 12.2. The molecule has 0 amide bonds. The number of hydrogen-bond donors (Lipinski definition) is 0. The number of rotatable bonds is 1. The summed E-state index contributed by atoms with van der Waals surface area (Å²) in [5.74, 6) is 0.118. The molecule has 0 unspecified atom stereocenters. The van der Waals surface area contributed by atoms with Crippen LogP contribution in [-0.4, -0.2) is 17.1 Å². The third-order valence-electron chi connectivity index (χ3n) is 0.693. The van der Waals surface area contributed by atoms with Gasteiger partial charge in [0.25, 0.3) is 0 Å². The van der Waals surface area contributed by atoms with E-state index >= 15 is 0 Å². The number of hydrogen-bond acceptors (Lipinski definition) is 3. The van der Waals surface area contributed by atoms with Crippen molar-refractivity contribution in [1.29, 1.82) is 0 Å². The number of nitrogens with zero attached hydrogens (tertiary/aromatic N) is 2. The van der Waals surface area contributed by atoms with E-state index in [-0.39, 0.29) is 22.8 Å². The first-order valence-corrected chi connectivity index (χ1v) is 2.99. The maximum absolute atomic E-state index is 7.17. The zero-order chi connectivity index (χ0) is 8.43. The number of aromatic nitrogens is 2. The SMILES string of the molecule is [2H]c1nc([2H])c(OC)nc1Br. The van der Waals surface area contributed by atoms with Crippen molar-refractivity contribution in [2.75, 3.05) is 7.11 Å². The van der Waals surface area contributed by atoms with Crippen molar-refractivity contribution in [2.24, 2.45) is 0 Å². The van der Waals surface area contributed by atoms with E-state index in [2.05, 4.69) is 25.9 Å². The molecule has 0 saturated carbocycles. The van der Waals surface area contributed by atoms with Gasteiger partial charge in [-0.25, -0.2) is 4.98 Å². The van der Waals surface area contributed by atoms with Crippen molar-refractivity contribution in [3.63, 3.8) is 0 Å². The zero-order valence-corrected chi connectivity index (χ0v) is 6.27. The molecular formula is C5H5BrN2O. The van der Waals surface area contributed by atoms with E-state index in [1.807, 2.05) is 0 Å². The summed E-state index contributed by atoms with van der Waals surface area (Å²) < 4.78 is 19.3. The van der Waals surface area contributed by atoms with Gasteiger partial charge in [0.2, 0.25) is 5.88 Å². The van der Waals surface area contributed by atoms with Gasteiger partial charge in [-0.15, -0.1) is 0 Å². The van der Waals surface area contributed by atoms with Gasteiger partial charge in [-0.3, -0.25) is 4.98 Å². The second-order valence-electron chi connectivity index (χ2n) is 1.25. The Hall–Kier alpha value is -0.640. The third-order valence-corrected chi connectivity index (χ3v) is 1.05. The van der Waals surface area contributed by atoms with Gasteiger partial charge < -0.3 is 4.74 Å². The molecule has 0 atom stereocenters. The maximum Gasteiger partial charge on any atom is 0.233 e. The Balaban J connectivity index is 3.21. The lowest BCUT2D eigenvalue weighted by Gasteiger charge is -1.94. The fraction of sp³-hybridized carbons (Fsp3) is 0.200. The molecule has 0 spiro atoms. The molecule has 9 heavy (non-hydrogen) atoms. The Morgan fingerprint density at radius 2 is 2.56 bits per heavy atom. The molecule has 1 aromatic rings. The first-order chi connectivity index (χ1) is 5.15. The first-order valence-electron chi connectivity index (χ1n) is 3.20. The topological polar surface area (TPSA) is 35.0 Å². The highest BCUT2D eigenvalue weighted by molar-refractivity contribution is 9.10. The Labute approximate surface area is 64.0 Å². The summed E-state index contributed by atoms with van der Waals surface area (Å²) in [6.45, 7) is 0. The predicted octanol–water partition coefficient (Wildman–Crippen LogP) is 1.25. The Morgan fingerprint density at radius 3 is 3.22 bits per heavy atom. The third kappa shape index (κ3) is 1.64. The molecule has 3 nitrogen and oxygen atoms in total. The van der Waals surface area contributed by atoms with Crippen LogP contribution in [-0.2, 0) is 0 Å². The lowest BCUT2D eigenvalue weighted by Crippen LogP contribution is -1.87. The van der Waals surface area contributed by atoms with E-state index in [1.165, 1.54) is 7.11 Å². The van der Waals surface area contributed by atoms with E-state index in [0.717, 1.165) is 0 Å². The van der Waals surface area contributed by atoms with Crippen LogP contribution in [0.25, 0.3) is 0 Å². The lowest BCUT2D eigenvalue weighted by molar-refractivity contribution is 0.394. The van der Waals surface area contributed by atoms with Gasteiger partial charge in [0.15, 0.2) is 0 Å². The minimum absolute atomic E-state index is 0.0594. The highest BCUT2D eigenvalue weighted by atomic mass is 79.9. The molecule has 0 radical (unpaired) electrons. The van der Waals surface area contributed by atoms with Crippen molar-refractivity contribution in [3.8, 4) is 5.88 Å². The molecule has 4 heteroatoms. The molecule has 0 fully saturated rings. The summed E-state index contributed by atoms with van der Waals surface area (Å²) in [7, 11) is 1.40. The molecule has 0 aromatic carbocycles. The smallest absolute Gasteiger partial charge is 0.233 e. The Bertz CT molecular complexity index is 281. The van der Waals surface area contributed by atoms with Gasteiger partial charge in [0.05, 0.1) is 22.2 Å². The van der Waals surface area contributed by atoms with Crippen LogP contribution >= 0.6 is 15.9 Å². The molecule has 48 valence electrons. The van der Waals surface area contributed by atoms with Crippen molar-refractivity contribution in [3.05, 3.63) is 16.9 Å². The minimum Gasteiger partial charge on any atom is -0.480 e. The molecule has 0 aliphatic carbocycles. The monoisotopic (exact) mass is 190 g/mol. The van der Waals surface area contributed by atoms with E-state index in [0.29, 0.717) is 0 Å². The summed E-state index contributed by atoms with van der Waals surface area (Å²) in [6.07, 6.45) is -0.184. The second-order valence-corrected chi connectivity index (χ2v) is 2.00. The molecule has 0 saturated heterocycles.